The minimum Gasteiger partial charge on any atom is -0.377 e. The summed E-state index contributed by atoms with van der Waals surface area (Å²) in [6, 6.07) is 5.63. The monoisotopic (exact) mass is 270 g/mol. The first-order valence-corrected chi connectivity index (χ1v) is 7.43. The second-order valence-corrected chi connectivity index (χ2v) is 6.56. The van der Waals surface area contributed by atoms with Crippen LogP contribution in [0.3, 0.4) is 0 Å². The third kappa shape index (κ3) is 4.98. The van der Waals surface area contributed by atoms with Gasteiger partial charge in [0.05, 0.1) is 5.75 Å². The molecular formula is C13H18O4S. The average Bonchev–Trinajstić information content (AvgIpc) is 2.13. The van der Waals surface area contributed by atoms with Gasteiger partial charge in [0.1, 0.15) is 12.4 Å². The summed E-state index contributed by atoms with van der Waals surface area (Å²) >= 11 is 0. The van der Waals surface area contributed by atoms with Crippen molar-refractivity contribution in [3.63, 3.8) is 0 Å². The van der Waals surface area contributed by atoms with Crippen molar-refractivity contribution in [1.82, 2.24) is 0 Å². The van der Waals surface area contributed by atoms with Gasteiger partial charge in [0.2, 0.25) is 0 Å². The van der Waals surface area contributed by atoms with E-state index in [0.29, 0.717) is 0 Å². The van der Waals surface area contributed by atoms with E-state index in [2.05, 4.69) is 4.74 Å². The molecule has 0 aliphatic heterocycles. The van der Waals surface area contributed by atoms with Gasteiger partial charge in [0.25, 0.3) is 0 Å². The van der Waals surface area contributed by atoms with Gasteiger partial charge < -0.3 is 4.74 Å². The van der Waals surface area contributed by atoms with Crippen molar-refractivity contribution in [2.24, 2.45) is 0 Å². The largest absolute Gasteiger partial charge is 0.377 e. The molecule has 0 aliphatic carbocycles. The summed E-state index contributed by atoms with van der Waals surface area (Å²) < 4.78 is 28.3. The van der Waals surface area contributed by atoms with E-state index in [9.17, 15) is 13.2 Å². The predicted octanol–water partition coefficient (Wildman–Crippen LogP) is 1.43. The van der Waals surface area contributed by atoms with Crippen molar-refractivity contribution in [1.29, 1.82) is 0 Å². The fourth-order valence-corrected chi connectivity index (χ4v) is 3.26. The Bertz CT molecular complexity index is 512. The van der Waals surface area contributed by atoms with Gasteiger partial charge in [0, 0.05) is 7.11 Å². The first-order valence-electron chi connectivity index (χ1n) is 5.60. The van der Waals surface area contributed by atoms with Crippen LogP contribution in [0, 0.1) is 13.8 Å². The summed E-state index contributed by atoms with van der Waals surface area (Å²) in [6.45, 7) is 3.67. The zero-order valence-corrected chi connectivity index (χ0v) is 11.7. The molecule has 0 saturated heterocycles. The van der Waals surface area contributed by atoms with Crippen LogP contribution in [0.25, 0.3) is 0 Å². The summed E-state index contributed by atoms with van der Waals surface area (Å²) in [5, 5.41) is 0. The van der Waals surface area contributed by atoms with E-state index in [1.165, 1.54) is 7.11 Å². The van der Waals surface area contributed by atoms with E-state index in [0.717, 1.165) is 16.7 Å². The van der Waals surface area contributed by atoms with Crippen LogP contribution in [0.2, 0.25) is 0 Å². The second kappa shape index (κ2) is 6.11. The van der Waals surface area contributed by atoms with Crippen LogP contribution >= 0.6 is 0 Å². The zero-order chi connectivity index (χ0) is 13.8. The highest BCUT2D eigenvalue weighted by Crippen LogP contribution is 2.12. The summed E-state index contributed by atoms with van der Waals surface area (Å²) in [5.74, 6) is -0.986. The summed E-state index contributed by atoms with van der Waals surface area (Å²) in [5.41, 5.74) is 2.75. The van der Waals surface area contributed by atoms with Crippen LogP contribution in [0.15, 0.2) is 18.2 Å². The standard InChI is InChI=1S/C13H18O4S/c1-10-4-11(2)6-12(5-10)8-18(15,16)9-13(14)7-17-3/h4-6H,7-9H2,1-3H3. The Labute approximate surface area is 108 Å². The van der Waals surface area contributed by atoms with Crippen molar-refractivity contribution < 1.29 is 17.9 Å². The van der Waals surface area contributed by atoms with E-state index < -0.39 is 21.4 Å². The number of ether oxygens (including phenoxy) is 1. The molecule has 100 valence electrons. The van der Waals surface area contributed by atoms with Crippen molar-refractivity contribution in [3.8, 4) is 0 Å². The SMILES string of the molecule is COCC(=O)CS(=O)(=O)Cc1cc(C)cc(C)c1. The molecule has 0 aromatic heterocycles. The summed E-state index contributed by atoms with van der Waals surface area (Å²) in [7, 11) is -2.05. The van der Waals surface area contributed by atoms with Crippen molar-refractivity contribution in [2.75, 3.05) is 19.5 Å². The molecule has 0 N–H and O–H groups in total. The number of sulfone groups is 1. The van der Waals surface area contributed by atoms with Crippen LogP contribution in [0.1, 0.15) is 16.7 Å². The van der Waals surface area contributed by atoms with E-state index in [1.807, 2.05) is 32.0 Å². The predicted molar refractivity (Wildman–Crippen MR) is 70.3 cm³/mol. The molecule has 1 aromatic carbocycles. The Hall–Kier alpha value is -1.20. The third-order valence-corrected chi connectivity index (χ3v) is 3.89. The molecule has 0 unspecified atom stereocenters. The molecule has 18 heavy (non-hydrogen) atoms. The number of ketones is 1. The Morgan fingerprint density at radius 3 is 2.22 bits per heavy atom. The molecule has 0 atom stereocenters. The first kappa shape index (κ1) is 14.9. The average molecular weight is 270 g/mol. The van der Waals surface area contributed by atoms with Crippen molar-refractivity contribution in [2.45, 2.75) is 19.6 Å². The lowest BCUT2D eigenvalue weighted by molar-refractivity contribution is -0.120. The van der Waals surface area contributed by atoms with Crippen molar-refractivity contribution in [3.05, 3.63) is 34.9 Å². The number of carbonyl (C=O) groups excluding carboxylic acids is 1. The molecule has 0 bridgehead atoms. The maximum Gasteiger partial charge on any atom is 0.173 e. The van der Waals surface area contributed by atoms with E-state index in [1.54, 1.807) is 0 Å². The Morgan fingerprint density at radius 1 is 1.17 bits per heavy atom. The molecule has 0 aliphatic rings. The number of carbonyl (C=O) groups is 1. The lowest BCUT2D eigenvalue weighted by atomic mass is 10.1. The minimum atomic E-state index is -3.42. The van der Waals surface area contributed by atoms with E-state index in [4.69, 9.17) is 0 Å². The van der Waals surface area contributed by atoms with Gasteiger partial charge in [-0.05, 0) is 19.4 Å². The van der Waals surface area contributed by atoms with Crippen LogP contribution in [-0.4, -0.2) is 33.7 Å². The topological polar surface area (TPSA) is 60.4 Å². The highest BCUT2D eigenvalue weighted by molar-refractivity contribution is 7.91. The third-order valence-electron chi connectivity index (χ3n) is 2.35. The van der Waals surface area contributed by atoms with Crippen LogP contribution in [0.4, 0.5) is 0 Å². The number of methoxy groups -OCH3 is 1. The number of rotatable bonds is 6. The fraction of sp³-hybridized carbons (Fsp3) is 0.462. The van der Waals surface area contributed by atoms with Crippen LogP contribution < -0.4 is 0 Å². The Morgan fingerprint density at radius 2 is 1.72 bits per heavy atom. The molecule has 1 aromatic rings. The number of benzene rings is 1. The fourth-order valence-electron chi connectivity index (χ4n) is 1.91. The normalized spacial score (nSPS) is 11.5. The van der Waals surface area contributed by atoms with Gasteiger partial charge in [-0.2, -0.15) is 0 Å². The lowest BCUT2D eigenvalue weighted by Crippen LogP contribution is -2.21. The number of hydrogen-bond acceptors (Lipinski definition) is 4. The summed E-state index contributed by atoms with van der Waals surface area (Å²) in [4.78, 5) is 11.3. The Balaban J connectivity index is 2.79. The molecular weight excluding hydrogens is 252 g/mol. The molecule has 0 amide bonds. The maximum atomic E-state index is 11.8. The van der Waals surface area contributed by atoms with E-state index >= 15 is 0 Å². The summed E-state index contributed by atoms with van der Waals surface area (Å²) in [6.07, 6.45) is 0. The van der Waals surface area contributed by atoms with Crippen LogP contribution in [0.5, 0.6) is 0 Å². The van der Waals surface area contributed by atoms with E-state index in [-0.39, 0.29) is 12.4 Å². The number of aryl methyl sites for hydroxylation is 2. The molecule has 0 fully saturated rings. The number of Topliss-reactive ketones (excluding diaryl/α,β-unsaturated/α-hetero) is 1. The molecule has 0 saturated carbocycles. The van der Waals surface area contributed by atoms with Gasteiger partial charge in [-0.15, -0.1) is 0 Å². The minimum absolute atomic E-state index is 0.106. The second-order valence-electron chi connectivity index (χ2n) is 4.50. The van der Waals surface area contributed by atoms with Gasteiger partial charge >= 0.3 is 0 Å². The molecule has 4 nitrogen and oxygen atoms in total. The van der Waals surface area contributed by atoms with Gasteiger partial charge in [-0.1, -0.05) is 29.3 Å². The van der Waals surface area contributed by atoms with Crippen LogP contribution in [-0.2, 0) is 25.1 Å². The Kier molecular flexibility index (Phi) is 5.04. The van der Waals surface area contributed by atoms with Gasteiger partial charge in [0.15, 0.2) is 15.6 Å². The van der Waals surface area contributed by atoms with Gasteiger partial charge in [-0.25, -0.2) is 8.42 Å². The highest BCUT2D eigenvalue weighted by Gasteiger charge is 2.17. The lowest BCUT2D eigenvalue weighted by Gasteiger charge is -2.06. The molecule has 0 radical (unpaired) electrons. The smallest absolute Gasteiger partial charge is 0.173 e. The number of hydrogen-bond donors (Lipinski definition) is 0. The van der Waals surface area contributed by atoms with Gasteiger partial charge in [-0.3, -0.25) is 4.79 Å². The zero-order valence-electron chi connectivity index (χ0n) is 10.9. The molecule has 0 spiro atoms. The molecule has 1 rings (SSSR count). The highest BCUT2D eigenvalue weighted by atomic mass is 32.2. The van der Waals surface area contributed by atoms with Crippen molar-refractivity contribution >= 4 is 15.6 Å². The quantitative estimate of drug-likeness (QED) is 0.784. The first-order chi connectivity index (χ1) is 8.32. The molecule has 5 heteroatoms. The maximum absolute atomic E-state index is 11.8. The molecule has 0 heterocycles.